The van der Waals surface area contributed by atoms with Gasteiger partial charge in [0.1, 0.15) is 0 Å². The number of aliphatic hydroxyl groups excluding tert-OH is 1. The molecular formula is C42H70N2O5. The summed E-state index contributed by atoms with van der Waals surface area (Å²) in [4.78, 5) is 37.3. The van der Waals surface area contributed by atoms with Crippen LogP contribution in [0.1, 0.15) is 151 Å². The number of fused-ring (bicyclic) bond motifs is 7. The largest absolute Gasteiger partial charge is 0.481 e. The minimum absolute atomic E-state index is 0.0393. The normalized spacial score (nSPS) is 41.3. The molecule has 0 aliphatic heterocycles. The number of carbonyl (C=O) groups excluding carboxylic acids is 2. The van der Waals surface area contributed by atoms with Crippen molar-refractivity contribution < 1.29 is 24.6 Å². The van der Waals surface area contributed by atoms with Crippen LogP contribution in [0.15, 0.2) is 12.2 Å². The standard InChI is InChI=1S/C42H70N2O5/c1-27(2)29-17-22-42(37(49)43-25-13-11-9-10-12-14-34(46)44-26-28(3)36(47)48)24-23-40(7)30(35(29)42)15-16-32-39(6)20-19-33(45)38(4,5)31(39)18-21-41(32,40)8/h28-33,35,45H,1,9-26H2,2-8H3,(H,43,49)(H,44,46)(H,47,48)/t28?,29-,30+,31-,32?,33-,35+,39-,40+,41+,42-/m0/s1. The summed E-state index contributed by atoms with van der Waals surface area (Å²) in [5.41, 5.74) is 1.62. The number of aliphatic carboxylic acids is 1. The smallest absolute Gasteiger partial charge is 0.308 e. The molecule has 2 unspecified atom stereocenters. The number of nitrogens with one attached hydrogen (secondary N) is 2. The third-order valence-corrected chi connectivity index (χ3v) is 16.4. The molecule has 5 fully saturated rings. The molecule has 0 saturated heterocycles. The van der Waals surface area contributed by atoms with E-state index in [1.165, 1.54) is 31.3 Å². The summed E-state index contributed by atoms with van der Waals surface area (Å²) in [6.45, 7) is 21.7. The maximum Gasteiger partial charge on any atom is 0.308 e. The molecule has 7 heteroatoms. The second-order valence-electron chi connectivity index (χ2n) is 19.0. The van der Waals surface area contributed by atoms with Crippen molar-refractivity contribution in [2.24, 2.45) is 62.6 Å². The number of carboxylic acids is 1. The number of carbonyl (C=O) groups is 3. The van der Waals surface area contributed by atoms with Crippen LogP contribution in [-0.4, -0.2) is 47.2 Å². The number of hydrogen-bond acceptors (Lipinski definition) is 4. The number of aliphatic hydroxyl groups is 1. The molecule has 49 heavy (non-hydrogen) atoms. The summed E-state index contributed by atoms with van der Waals surface area (Å²) in [6.07, 6.45) is 16.1. The van der Waals surface area contributed by atoms with Crippen LogP contribution >= 0.6 is 0 Å². The third kappa shape index (κ3) is 6.54. The van der Waals surface area contributed by atoms with E-state index < -0.39 is 11.9 Å². The minimum atomic E-state index is -0.896. The van der Waals surface area contributed by atoms with E-state index in [9.17, 15) is 19.5 Å². The number of rotatable bonds is 13. The molecule has 5 aliphatic carbocycles. The Balaban J connectivity index is 1.19. The van der Waals surface area contributed by atoms with Crippen molar-refractivity contribution >= 4 is 17.8 Å². The minimum Gasteiger partial charge on any atom is -0.481 e. The van der Waals surface area contributed by atoms with Crippen molar-refractivity contribution in [1.29, 1.82) is 0 Å². The van der Waals surface area contributed by atoms with E-state index in [0.29, 0.717) is 48.5 Å². The Bertz CT molecular complexity index is 1260. The molecule has 0 aromatic heterocycles. The van der Waals surface area contributed by atoms with Gasteiger partial charge in [-0.3, -0.25) is 14.4 Å². The van der Waals surface area contributed by atoms with Crippen molar-refractivity contribution in [2.45, 2.75) is 157 Å². The number of unbranched alkanes of at least 4 members (excludes halogenated alkanes) is 4. The molecule has 0 aromatic carbocycles. The lowest BCUT2D eigenvalue weighted by Crippen LogP contribution is -2.67. The Labute approximate surface area is 297 Å². The molecule has 0 spiro atoms. The van der Waals surface area contributed by atoms with Gasteiger partial charge in [-0.15, -0.1) is 0 Å². The first kappa shape index (κ1) is 38.3. The molecule has 7 nitrogen and oxygen atoms in total. The fourth-order valence-corrected chi connectivity index (χ4v) is 13.3. The zero-order valence-electron chi connectivity index (χ0n) is 32.1. The maximum atomic E-state index is 14.4. The van der Waals surface area contributed by atoms with Crippen LogP contribution in [0.2, 0.25) is 0 Å². The summed E-state index contributed by atoms with van der Waals surface area (Å²) in [6, 6.07) is 0. The molecule has 11 atom stereocenters. The van der Waals surface area contributed by atoms with Crippen molar-refractivity contribution in [3.8, 4) is 0 Å². The van der Waals surface area contributed by atoms with Crippen LogP contribution in [0, 0.1) is 62.6 Å². The monoisotopic (exact) mass is 683 g/mol. The van der Waals surface area contributed by atoms with E-state index in [1.807, 2.05) is 0 Å². The first-order valence-electron chi connectivity index (χ1n) is 20.1. The van der Waals surface area contributed by atoms with E-state index in [-0.39, 0.29) is 45.6 Å². The van der Waals surface area contributed by atoms with Crippen LogP contribution in [-0.2, 0) is 14.4 Å². The second-order valence-corrected chi connectivity index (χ2v) is 19.0. The molecular weight excluding hydrogens is 612 g/mol. The summed E-state index contributed by atoms with van der Waals surface area (Å²) in [5, 5.41) is 26.2. The summed E-state index contributed by atoms with van der Waals surface area (Å²) in [5.74, 6) is 1.27. The summed E-state index contributed by atoms with van der Waals surface area (Å²) in [7, 11) is 0. The fourth-order valence-electron chi connectivity index (χ4n) is 13.3. The van der Waals surface area contributed by atoms with Gasteiger partial charge in [-0.25, -0.2) is 0 Å². The zero-order chi connectivity index (χ0) is 36.0. The van der Waals surface area contributed by atoms with Gasteiger partial charge >= 0.3 is 5.97 Å². The molecule has 5 rings (SSSR count). The molecule has 0 heterocycles. The van der Waals surface area contributed by atoms with E-state index in [4.69, 9.17) is 5.11 Å². The lowest BCUT2D eigenvalue weighted by atomic mass is 9.32. The highest BCUT2D eigenvalue weighted by molar-refractivity contribution is 5.84. The first-order valence-corrected chi connectivity index (χ1v) is 20.1. The third-order valence-electron chi connectivity index (χ3n) is 16.4. The number of hydrogen-bond donors (Lipinski definition) is 4. The van der Waals surface area contributed by atoms with Crippen molar-refractivity contribution in [3.63, 3.8) is 0 Å². The topological polar surface area (TPSA) is 116 Å². The maximum absolute atomic E-state index is 14.4. The SMILES string of the molecule is C=C(C)[C@@H]1CC[C@]2(C(=O)NCCCCCCCC(=O)NCC(C)C(=O)O)CC[C@]3(C)[C@H](CCC4[C@@]5(C)CC[C@H](O)C(C)(C)[C@@H]5CC[C@]43C)[C@@H]12. The lowest BCUT2D eigenvalue weighted by Gasteiger charge is -2.72. The van der Waals surface area contributed by atoms with Crippen molar-refractivity contribution in [2.75, 3.05) is 13.1 Å². The Morgan fingerprint density at radius 3 is 2.18 bits per heavy atom. The Morgan fingerprint density at radius 1 is 0.796 bits per heavy atom. The molecule has 0 bridgehead atoms. The van der Waals surface area contributed by atoms with Gasteiger partial charge in [0.2, 0.25) is 11.8 Å². The van der Waals surface area contributed by atoms with Gasteiger partial charge in [0.05, 0.1) is 17.4 Å². The second kappa shape index (κ2) is 14.3. The Morgan fingerprint density at radius 2 is 1.49 bits per heavy atom. The van der Waals surface area contributed by atoms with Gasteiger partial charge in [0, 0.05) is 19.5 Å². The van der Waals surface area contributed by atoms with E-state index in [1.54, 1.807) is 6.92 Å². The molecule has 5 aliphatic rings. The van der Waals surface area contributed by atoms with Gasteiger partial charge < -0.3 is 20.8 Å². The van der Waals surface area contributed by atoms with Gasteiger partial charge in [-0.2, -0.15) is 0 Å². The summed E-state index contributed by atoms with van der Waals surface area (Å²) < 4.78 is 0. The molecule has 0 radical (unpaired) electrons. The van der Waals surface area contributed by atoms with Crippen LogP contribution in [0.25, 0.3) is 0 Å². The van der Waals surface area contributed by atoms with Crippen molar-refractivity contribution in [3.05, 3.63) is 12.2 Å². The molecule has 5 saturated carbocycles. The quantitative estimate of drug-likeness (QED) is 0.115. The number of amides is 2. The summed E-state index contributed by atoms with van der Waals surface area (Å²) >= 11 is 0. The highest BCUT2D eigenvalue weighted by Crippen LogP contribution is 2.77. The average molecular weight is 683 g/mol. The van der Waals surface area contributed by atoms with E-state index in [0.717, 1.165) is 70.6 Å². The van der Waals surface area contributed by atoms with Gasteiger partial charge in [0.15, 0.2) is 0 Å². The van der Waals surface area contributed by atoms with Crippen LogP contribution < -0.4 is 10.6 Å². The van der Waals surface area contributed by atoms with Gasteiger partial charge in [-0.1, -0.05) is 73.0 Å². The highest BCUT2D eigenvalue weighted by Gasteiger charge is 2.71. The molecule has 0 aromatic rings. The first-order chi connectivity index (χ1) is 23.0. The Hall–Kier alpha value is -1.89. The molecule has 278 valence electrons. The van der Waals surface area contributed by atoms with Crippen molar-refractivity contribution in [1.82, 2.24) is 10.6 Å². The van der Waals surface area contributed by atoms with Crippen LogP contribution in [0.3, 0.4) is 0 Å². The zero-order valence-corrected chi connectivity index (χ0v) is 32.1. The average Bonchev–Trinajstić information content (AvgIpc) is 3.44. The predicted molar refractivity (Wildman–Crippen MR) is 195 cm³/mol. The van der Waals surface area contributed by atoms with E-state index >= 15 is 0 Å². The highest BCUT2D eigenvalue weighted by atomic mass is 16.4. The van der Waals surface area contributed by atoms with Crippen LogP contribution in [0.4, 0.5) is 0 Å². The lowest BCUT2D eigenvalue weighted by molar-refractivity contribution is -0.246. The Kier molecular flexibility index (Phi) is 11.2. The van der Waals surface area contributed by atoms with Gasteiger partial charge in [-0.05, 0) is 135 Å². The number of allylic oxidation sites excluding steroid dienone is 1. The van der Waals surface area contributed by atoms with Gasteiger partial charge in [0.25, 0.3) is 0 Å². The fraction of sp³-hybridized carbons (Fsp3) is 0.881. The molecule has 4 N–H and O–H groups in total. The molecule has 2 amide bonds. The predicted octanol–water partition coefficient (Wildman–Crippen LogP) is 8.30. The number of carboxylic acid groups (broad SMARTS) is 1. The van der Waals surface area contributed by atoms with E-state index in [2.05, 4.69) is 58.8 Å². The van der Waals surface area contributed by atoms with Crippen LogP contribution in [0.5, 0.6) is 0 Å².